The molecule has 0 saturated heterocycles. The zero-order chi connectivity index (χ0) is 17.0. The highest BCUT2D eigenvalue weighted by Gasteiger charge is 2.28. The van der Waals surface area contributed by atoms with Gasteiger partial charge in [0.15, 0.2) is 0 Å². The minimum Gasteiger partial charge on any atom is -0.389 e. The van der Waals surface area contributed by atoms with Crippen molar-refractivity contribution in [3.8, 4) is 18.2 Å². The van der Waals surface area contributed by atoms with Gasteiger partial charge in [0.25, 0.3) is 0 Å². The van der Waals surface area contributed by atoms with E-state index in [0.29, 0.717) is 0 Å². The summed E-state index contributed by atoms with van der Waals surface area (Å²) in [5.74, 6) is 0. The minimum atomic E-state index is -4.01. The molecule has 0 amide bonds. The lowest BCUT2D eigenvalue weighted by Gasteiger charge is -2.04. The number of nitrogen functional groups attached to an aromatic ring is 1. The van der Waals surface area contributed by atoms with Crippen molar-refractivity contribution >= 4 is 32.3 Å². The van der Waals surface area contributed by atoms with Crippen molar-refractivity contribution in [2.24, 2.45) is 0 Å². The molecule has 0 unspecified atom stereocenters. The minimum absolute atomic E-state index is 0.000541. The standard InChI is InChI=1S/C15H8N4O2S2/c16-7-10(8-17)6-13-14(12(9-18)15(19)22-13)23(20,21)11-4-2-1-3-5-11/h1-6H,19H2. The van der Waals surface area contributed by atoms with Crippen LogP contribution in [0.25, 0.3) is 6.08 Å². The highest BCUT2D eigenvalue weighted by molar-refractivity contribution is 7.91. The molecular weight excluding hydrogens is 332 g/mol. The molecule has 2 rings (SSSR count). The largest absolute Gasteiger partial charge is 0.389 e. The molecule has 1 aromatic heterocycles. The van der Waals surface area contributed by atoms with E-state index >= 15 is 0 Å². The van der Waals surface area contributed by atoms with E-state index in [1.807, 2.05) is 0 Å². The molecule has 0 radical (unpaired) electrons. The number of anilines is 1. The summed E-state index contributed by atoms with van der Waals surface area (Å²) in [6.45, 7) is 0. The third-order valence-electron chi connectivity index (χ3n) is 2.87. The van der Waals surface area contributed by atoms with Crippen LogP contribution in [0.1, 0.15) is 10.4 Å². The van der Waals surface area contributed by atoms with E-state index in [1.54, 1.807) is 36.4 Å². The van der Waals surface area contributed by atoms with Gasteiger partial charge in [-0.05, 0) is 18.2 Å². The van der Waals surface area contributed by atoms with E-state index in [2.05, 4.69) is 0 Å². The van der Waals surface area contributed by atoms with Crippen LogP contribution in [0.2, 0.25) is 0 Å². The van der Waals surface area contributed by atoms with Gasteiger partial charge in [0.2, 0.25) is 9.84 Å². The monoisotopic (exact) mass is 340 g/mol. The average molecular weight is 340 g/mol. The molecule has 2 N–H and O–H groups in total. The summed E-state index contributed by atoms with van der Waals surface area (Å²) in [6.07, 6.45) is 1.12. The highest BCUT2D eigenvalue weighted by atomic mass is 32.2. The van der Waals surface area contributed by atoms with Gasteiger partial charge in [-0.2, -0.15) is 15.8 Å². The smallest absolute Gasteiger partial charge is 0.209 e. The predicted molar refractivity (Wildman–Crippen MR) is 84.5 cm³/mol. The number of benzene rings is 1. The normalized spacial score (nSPS) is 10.1. The second-order valence-corrected chi connectivity index (χ2v) is 7.21. The van der Waals surface area contributed by atoms with Gasteiger partial charge in [0, 0.05) is 0 Å². The van der Waals surface area contributed by atoms with Crippen molar-refractivity contribution in [1.82, 2.24) is 0 Å². The van der Waals surface area contributed by atoms with E-state index in [9.17, 15) is 13.7 Å². The molecule has 1 heterocycles. The summed E-state index contributed by atoms with van der Waals surface area (Å²) in [5.41, 5.74) is 5.26. The number of allylic oxidation sites excluding steroid dienone is 1. The second kappa shape index (κ2) is 6.33. The molecular formula is C15H8N4O2S2. The van der Waals surface area contributed by atoms with Crippen LogP contribution in [0.5, 0.6) is 0 Å². The zero-order valence-corrected chi connectivity index (χ0v) is 13.1. The first-order valence-corrected chi connectivity index (χ1v) is 8.40. The lowest BCUT2D eigenvalue weighted by Crippen LogP contribution is -2.04. The summed E-state index contributed by atoms with van der Waals surface area (Å²) in [5, 5.41) is 26.9. The Morgan fingerprint density at radius 2 is 1.74 bits per heavy atom. The average Bonchev–Trinajstić information content (AvgIpc) is 2.89. The first-order chi connectivity index (χ1) is 11.0. The number of thiophene rings is 1. The SMILES string of the molecule is N#CC(C#N)=Cc1sc(N)c(C#N)c1S(=O)(=O)c1ccccc1. The molecule has 23 heavy (non-hydrogen) atoms. The Morgan fingerprint density at radius 1 is 1.13 bits per heavy atom. The number of sulfone groups is 1. The molecule has 0 spiro atoms. The van der Waals surface area contributed by atoms with E-state index in [-0.39, 0.29) is 30.8 Å². The third kappa shape index (κ3) is 2.93. The van der Waals surface area contributed by atoms with Crippen molar-refractivity contribution in [3.63, 3.8) is 0 Å². The highest BCUT2D eigenvalue weighted by Crippen LogP contribution is 2.38. The maximum Gasteiger partial charge on any atom is 0.209 e. The van der Waals surface area contributed by atoms with Crippen molar-refractivity contribution in [3.05, 3.63) is 46.3 Å². The fraction of sp³-hybridized carbons (Fsp3) is 0. The first kappa shape index (κ1) is 16.3. The number of hydrogen-bond donors (Lipinski definition) is 1. The molecule has 0 aliphatic carbocycles. The number of nitriles is 3. The van der Waals surface area contributed by atoms with Crippen molar-refractivity contribution in [2.45, 2.75) is 9.79 Å². The molecule has 0 atom stereocenters. The maximum absolute atomic E-state index is 12.8. The molecule has 0 saturated carbocycles. The summed E-state index contributed by atoms with van der Waals surface area (Å²) in [4.78, 5) is -0.197. The summed E-state index contributed by atoms with van der Waals surface area (Å²) in [7, 11) is -4.01. The Hall–Kier alpha value is -3.12. The van der Waals surface area contributed by atoms with Crippen molar-refractivity contribution < 1.29 is 8.42 Å². The molecule has 0 aliphatic rings. The van der Waals surface area contributed by atoms with Crippen LogP contribution in [-0.2, 0) is 9.84 Å². The van der Waals surface area contributed by atoms with Gasteiger partial charge < -0.3 is 5.73 Å². The molecule has 0 aliphatic heterocycles. The van der Waals surface area contributed by atoms with E-state index in [1.165, 1.54) is 12.1 Å². The van der Waals surface area contributed by atoms with Crippen LogP contribution in [0, 0.1) is 34.0 Å². The van der Waals surface area contributed by atoms with E-state index in [0.717, 1.165) is 17.4 Å². The Labute approximate surface area is 136 Å². The van der Waals surface area contributed by atoms with Gasteiger partial charge in [0.1, 0.15) is 39.2 Å². The Morgan fingerprint density at radius 3 is 2.26 bits per heavy atom. The van der Waals surface area contributed by atoms with Gasteiger partial charge in [-0.3, -0.25) is 0 Å². The fourth-order valence-electron chi connectivity index (χ4n) is 1.86. The van der Waals surface area contributed by atoms with Gasteiger partial charge in [-0.15, -0.1) is 11.3 Å². The van der Waals surface area contributed by atoms with Crippen LogP contribution in [0.3, 0.4) is 0 Å². The van der Waals surface area contributed by atoms with Gasteiger partial charge in [0.05, 0.1) is 9.77 Å². The molecule has 1 aromatic carbocycles. The zero-order valence-electron chi connectivity index (χ0n) is 11.5. The van der Waals surface area contributed by atoms with Crippen LogP contribution < -0.4 is 5.73 Å². The van der Waals surface area contributed by atoms with Gasteiger partial charge in [-0.1, -0.05) is 18.2 Å². The lowest BCUT2D eigenvalue weighted by atomic mass is 10.2. The number of rotatable bonds is 3. The summed E-state index contributed by atoms with van der Waals surface area (Å²) < 4.78 is 25.6. The van der Waals surface area contributed by atoms with Crippen LogP contribution in [0.15, 0.2) is 45.7 Å². The first-order valence-electron chi connectivity index (χ1n) is 6.10. The maximum atomic E-state index is 12.8. The summed E-state index contributed by atoms with van der Waals surface area (Å²) >= 11 is 0.844. The fourth-order valence-corrected chi connectivity index (χ4v) is 4.73. The van der Waals surface area contributed by atoms with Crippen LogP contribution in [-0.4, -0.2) is 8.42 Å². The molecule has 2 aromatic rings. The number of nitrogens with zero attached hydrogens (tertiary/aromatic N) is 3. The number of hydrogen-bond acceptors (Lipinski definition) is 7. The summed E-state index contributed by atoms with van der Waals surface area (Å²) in [6, 6.07) is 12.7. The lowest BCUT2D eigenvalue weighted by molar-refractivity contribution is 0.596. The third-order valence-corrected chi connectivity index (χ3v) is 5.82. The van der Waals surface area contributed by atoms with Gasteiger partial charge >= 0.3 is 0 Å². The molecule has 0 fully saturated rings. The predicted octanol–water partition coefficient (Wildman–Crippen LogP) is 2.47. The quantitative estimate of drug-likeness (QED) is 0.854. The van der Waals surface area contributed by atoms with E-state index in [4.69, 9.17) is 16.3 Å². The number of nitrogens with two attached hydrogens (primary N) is 1. The van der Waals surface area contributed by atoms with Crippen molar-refractivity contribution in [2.75, 3.05) is 5.73 Å². The van der Waals surface area contributed by atoms with Crippen LogP contribution in [0.4, 0.5) is 5.00 Å². The molecule has 8 heteroatoms. The second-order valence-electron chi connectivity index (χ2n) is 4.24. The molecule has 6 nitrogen and oxygen atoms in total. The Kier molecular flexibility index (Phi) is 4.47. The van der Waals surface area contributed by atoms with Gasteiger partial charge in [-0.25, -0.2) is 8.42 Å². The van der Waals surface area contributed by atoms with E-state index < -0.39 is 9.84 Å². The Bertz CT molecular complexity index is 998. The topological polar surface area (TPSA) is 132 Å². The molecule has 112 valence electrons. The van der Waals surface area contributed by atoms with Crippen molar-refractivity contribution in [1.29, 1.82) is 15.8 Å². The molecule has 0 bridgehead atoms. The Balaban J connectivity index is 2.83. The van der Waals surface area contributed by atoms with Crippen LogP contribution >= 0.6 is 11.3 Å².